The SMILES string of the molecule is C=C(C)[C@@H]1CCC(C)=CC1C1=C(O)C=C(CCCCC)C(C)(C(=O)O)C=C1O. The van der Waals surface area contributed by atoms with E-state index >= 15 is 0 Å². The van der Waals surface area contributed by atoms with E-state index in [1.165, 1.54) is 11.6 Å². The van der Waals surface area contributed by atoms with Gasteiger partial charge in [-0.2, -0.15) is 0 Å². The number of carboxylic acids is 1. The maximum atomic E-state index is 12.1. The van der Waals surface area contributed by atoms with Gasteiger partial charge in [0.1, 0.15) is 16.9 Å². The molecule has 154 valence electrons. The van der Waals surface area contributed by atoms with Gasteiger partial charge in [-0.15, -0.1) is 0 Å². The summed E-state index contributed by atoms with van der Waals surface area (Å²) in [6.45, 7) is 11.8. The van der Waals surface area contributed by atoms with Gasteiger partial charge in [0.15, 0.2) is 0 Å². The van der Waals surface area contributed by atoms with Gasteiger partial charge in [-0.25, -0.2) is 0 Å². The Balaban J connectivity index is 2.60. The zero-order valence-electron chi connectivity index (χ0n) is 17.6. The Morgan fingerprint density at radius 3 is 2.57 bits per heavy atom. The van der Waals surface area contributed by atoms with E-state index in [0.29, 0.717) is 17.6 Å². The van der Waals surface area contributed by atoms with Crippen LogP contribution in [0.15, 0.2) is 58.6 Å². The highest BCUT2D eigenvalue weighted by Gasteiger charge is 2.40. The van der Waals surface area contributed by atoms with Gasteiger partial charge in [-0.05, 0) is 70.1 Å². The number of aliphatic hydroxyl groups is 2. The molecule has 0 aromatic heterocycles. The van der Waals surface area contributed by atoms with Crippen molar-refractivity contribution in [2.45, 2.75) is 66.2 Å². The average Bonchev–Trinajstić information content (AvgIpc) is 2.69. The molecule has 2 aliphatic rings. The minimum Gasteiger partial charge on any atom is -0.508 e. The molecule has 4 heteroatoms. The molecule has 0 aromatic rings. The van der Waals surface area contributed by atoms with E-state index in [0.717, 1.165) is 37.7 Å². The fourth-order valence-electron chi connectivity index (χ4n) is 4.31. The summed E-state index contributed by atoms with van der Waals surface area (Å²) in [5.41, 5.74) is 1.88. The summed E-state index contributed by atoms with van der Waals surface area (Å²) >= 11 is 0. The third-order valence-electron chi connectivity index (χ3n) is 6.16. The van der Waals surface area contributed by atoms with Crippen LogP contribution >= 0.6 is 0 Å². The third-order valence-corrected chi connectivity index (χ3v) is 6.16. The second-order valence-corrected chi connectivity index (χ2v) is 8.49. The van der Waals surface area contributed by atoms with Crippen LogP contribution in [-0.2, 0) is 4.79 Å². The molecule has 0 radical (unpaired) electrons. The molecule has 3 atom stereocenters. The van der Waals surface area contributed by atoms with E-state index in [1.54, 1.807) is 13.0 Å². The molecule has 2 unspecified atom stereocenters. The van der Waals surface area contributed by atoms with Crippen molar-refractivity contribution in [2.75, 3.05) is 0 Å². The Morgan fingerprint density at radius 2 is 2.00 bits per heavy atom. The summed E-state index contributed by atoms with van der Waals surface area (Å²) in [5, 5.41) is 31.8. The van der Waals surface area contributed by atoms with Crippen LogP contribution in [0, 0.1) is 17.3 Å². The smallest absolute Gasteiger partial charge is 0.317 e. The molecular formula is C24H34O4. The molecule has 3 N–H and O–H groups in total. The van der Waals surface area contributed by atoms with E-state index < -0.39 is 11.4 Å². The van der Waals surface area contributed by atoms with E-state index in [9.17, 15) is 20.1 Å². The number of carbonyl (C=O) groups is 1. The first-order valence-electron chi connectivity index (χ1n) is 10.2. The van der Waals surface area contributed by atoms with Crippen LogP contribution in [0.4, 0.5) is 0 Å². The van der Waals surface area contributed by atoms with Gasteiger partial charge < -0.3 is 15.3 Å². The highest BCUT2D eigenvalue weighted by molar-refractivity contribution is 5.81. The lowest BCUT2D eigenvalue weighted by molar-refractivity contribution is -0.143. The molecule has 0 saturated carbocycles. The molecule has 0 spiro atoms. The largest absolute Gasteiger partial charge is 0.508 e. The van der Waals surface area contributed by atoms with Gasteiger partial charge in [0.2, 0.25) is 0 Å². The standard InChI is InChI=1S/C24H34O4/c1-6-7-8-9-17-13-20(25)22(21(26)14-24(17,5)23(27)28)19-12-16(4)10-11-18(19)15(2)3/h12-14,18-19,25-26H,2,6-11H2,1,3-5H3,(H,27,28)/t18-,19?,24?/m0/s1. The van der Waals surface area contributed by atoms with E-state index in [-0.39, 0.29) is 23.4 Å². The molecule has 0 heterocycles. The second kappa shape index (κ2) is 8.85. The minimum atomic E-state index is -1.35. The molecule has 0 aromatic carbocycles. The number of allylic oxidation sites excluding steroid dienone is 5. The summed E-state index contributed by atoms with van der Waals surface area (Å²) in [6, 6.07) is 0. The Morgan fingerprint density at radius 1 is 1.32 bits per heavy atom. The van der Waals surface area contributed by atoms with Crippen LogP contribution < -0.4 is 0 Å². The lowest BCUT2D eigenvalue weighted by atomic mass is 9.73. The third kappa shape index (κ3) is 4.43. The van der Waals surface area contributed by atoms with Gasteiger partial charge in [-0.3, -0.25) is 4.79 Å². The Kier molecular flexibility index (Phi) is 6.97. The molecule has 0 aliphatic heterocycles. The van der Waals surface area contributed by atoms with Gasteiger partial charge >= 0.3 is 5.97 Å². The first kappa shape index (κ1) is 22.1. The highest BCUT2D eigenvalue weighted by atomic mass is 16.4. The highest BCUT2D eigenvalue weighted by Crippen LogP contribution is 2.44. The zero-order chi connectivity index (χ0) is 21.1. The molecule has 0 amide bonds. The van der Waals surface area contributed by atoms with Crippen molar-refractivity contribution in [3.8, 4) is 0 Å². The van der Waals surface area contributed by atoms with Crippen molar-refractivity contribution in [1.82, 2.24) is 0 Å². The topological polar surface area (TPSA) is 77.8 Å². The van der Waals surface area contributed by atoms with Gasteiger partial charge in [-0.1, -0.05) is 43.6 Å². The van der Waals surface area contributed by atoms with E-state index in [2.05, 4.69) is 19.6 Å². The summed E-state index contributed by atoms with van der Waals surface area (Å²) in [4.78, 5) is 12.1. The molecule has 28 heavy (non-hydrogen) atoms. The van der Waals surface area contributed by atoms with Gasteiger partial charge in [0, 0.05) is 11.5 Å². The summed E-state index contributed by atoms with van der Waals surface area (Å²) in [5.74, 6) is -1.32. The summed E-state index contributed by atoms with van der Waals surface area (Å²) < 4.78 is 0. The Labute approximate surface area is 168 Å². The lowest BCUT2D eigenvalue weighted by Gasteiger charge is -2.32. The maximum absolute atomic E-state index is 12.1. The van der Waals surface area contributed by atoms with Crippen molar-refractivity contribution in [2.24, 2.45) is 17.3 Å². The molecule has 4 nitrogen and oxygen atoms in total. The normalized spacial score (nSPS) is 28.2. The summed E-state index contributed by atoms with van der Waals surface area (Å²) in [7, 11) is 0. The van der Waals surface area contributed by atoms with Crippen LogP contribution in [-0.4, -0.2) is 21.3 Å². The molecule has 2 rings (SSSR count). The Hall–Kier alpha value is -2.23. The van der Waals surface area contributed by atoms with E-state index in [1.807, 2.05) is 13.8 Å². The van der Waals surface area contributed by atoms with Gasteiger partial charge in [0.05, 0.1) is 0 Å². The fraction of sp³-hybridized carbons (Fsp3) is 0.542. The minimum absolute atomic E-state index is 0.0348. The summed E-state index contributed by atoms with van der Waals surface area (Å²) in [6.07, 6.45) is 10.3. The van der Waals surface area contributed by atoms with Crippen molar-refractivity contribution >= 4 is 5.97 Å². The van der Waals surface area contributed by atoms with Crippen LogP contribution in [0.25, 0.3) is 0 Å². The van der Waals surface area contributed by atoms with Crippen LogP contribution in [0.2, 0.25) is 0 Å². The number of hydrogen-bond acceptors (Lipinski definition) is 3. The van der Waals surface area contributed by atoms with Crippen molar-refractivity contribution in [3.05, 3.63) is 58.6 Å². The van der Waals surface area contributed by atoms with Crippen molar-refractivity contribution in [3.63, 3.8) is 0 Å². The number of rotatable bonds is 7. The van der Waals surface area contributed by atoms with Crippen molar-refractivity contribution in [1.29, 1.82) is 0 Å². The lowest BCUT2D eigenvalue weighted by Crippen LogP contribution is -2.28. The predicted octanol–water partition coefficient (Wildman–Crippen LogP) is 6.40. The number of aliphatic hydroxyl groups excluding tert-OH is 2. The number of carboxylic acid groups (broad SMARTS) is 1. The zero-order valence-corrected chi connectivity index (χ0v) is 17.6. The average molecular weight is 387 g/mol. The number of hydrogen-bond donors (Lipinski definition) is 3. The number of aliphatic carboxylic acids is 1. The monoisotopic (exact) mass is 386 g/mol. The first-order chi connectivity index (χ1) is 13.1. The van der Waals surface area contributed by atoms with Crippen LogP contribution in [0.5, 0.6) is 0 Å². The Bertz CT molecular complexity index is 765. The molecule has 0 bridgehead atoms. The molecule has 2 aliphatic carbocycles. The fourth-order valence-corrected chi connectivity index (χ4v) is 4.31. The first-order valence-corrected chi connectivity index (χ1v) is 10.2. The quantitative estimate of drug-likeness (QED) is 0.349. The second-order valence-electron chi connectivity index (χ2n) is 8.49. The van der Waals surface area contributed by atoms with E-state index in [4.69, 9.17) is 0 Å². The van der Waals surface area contributed by atoms with Crippen molar-refractivity contribution < 1.29 is 20.1 Å². The molecular weight excluding hydrogens is 352 g/mol. The molecule has 0 fully saturated rings. The maximum Gasteiger partial charge on any atom is 0.317 e. The predicted molar refractivity (Wildman–Crippen MR) is 113 cm³/mol. The van der Waals surface area contributed by atoms with Crippen LogP contribution in [0.3, 0.4) is 0 Å². The van der Waals surface area contributed by atoms with Gasteiger partial charge in [0.25, 0.3) is 0 Å². The molecule has 0 saturated heterocycles. The number of unbranched alkanes of at least 4 members (excludes halogenated alkanes) is 2. The van der Waals surface area contributed by atoms with Crippen LogP contribution in [0.1, 0.15) is 66.2 Å².